The van der Waals surface area contributed by atoms with E-state index in [-0.39, 0.29) is 11.8 Å². The fourth-order valence-electron chi connectivity index (χ4n) is 3.52. The zero-order valence-corrected chi connectivity index (χ0v) is 15.2. The summed E-state index contributed by atoms with van der Waals surface area (Å²) in [5, 5.41) is 3.06. The number of anilines is 1. The molecule has 1 aromatic carbocycles. The van der Waals surface area contributed by atoms with Crippen LogP contribution in [0.2, 0.25) is 0 Å². The van der Waals surface area contributed by atoms with E-state index in [1.165, 1.54) is 18.5 Å². The lowest BCUT2D eigenvalue weighted by atomic mass is 9.95. The van der Waals surface area contributed by atoms with Crippen LogP contribution in [0.3, 0.4) is 0 Å². The van der Waals surface area contributed by atoms with E-state index >= 15 is 0 Å². The number of halogens is 3. The molecule has 148 valence electrons. The summed E-state index contributed by atoms with van der Waals surface area (Å²) >= 11 is 0. The second-order valence-electron chi connectivity index (χ2n) is 7.38. The van der Waals surface area contributed by atoms with Gasteiger partial charge in [-0.2, -0.15) is 13.2 Å². The largest absolute Gasteiger partial charge is 0.416 e. The molecule has 2 heterocycles. The van der Waals surface area contributed by atoms with Gasteiger partial charge in [0.2, 0.25) is 5.91 Å². The molecule has 2 aliphatic rings. The standard InChI is InChI=1S/C20H21F3N4O/c21-20(22,23)15-3-1-13(2-4-15)18-17(11-24-12-25-18)27-9-7-14(8-10-27)19(28)26-16-5-6-16/h1-4,11-12,14,16H,5-10H2,(H,26,28). The van der Waals surface area contributed by atoms with Crippen LogP contribution in [0.1, 0.15) is 31.2 Å². The summed E-state index contributed by atoms with van der Waals surface area (Å²) in [6.45, 7) is 1.37. The first-order valence-corrected chi connectivity index (χ1v) is 9.45. The van der Waals surface area contributed by atoms with Gasteiger partial charge in [0, 0.05) is 30.6 Å². The Morgan fingerprint density at radius 1 is 1.07 bits per heavy atom. The molecule has 0 spiro atoms. The van der Waals surface area contributed by atoms with Crippen molar-refractivity contribution < 1.29 is 18.0 Å². The highest BCUT2D eigenvalue weighted by atomic mass is 19.4. The van der Waals surface area contributed by atoms with Crippen LogP contribution in [0, 0.1) is 5.92 Å². The minimum atomic E-state index is -4.37. The van der Waals surface area contributed by atoms with Crippen molar-refractivity contribution in [3.05, 3.63) is 42.4 Å². The Morgan fingerprint density at radius 2 is 1.75 bits per heavy atom. The Morgan fingerprint density at radius 3 is 2.36 bits per heavy atom. The Bertz CT molecular complexity index is 841. The highest BCUT2D eigenvalue weighted by molar-refractivity contribution is 5.80. The number of nitrogens with one attached hydrogen (secondary N) is 1. The maximum absolute atomic E-state index is 12.8. The number of hydrogen-bond donors (Lipinski definition) is 1. The Hall–Kier alpha value is -2.64. The van der Waals surface area contributed by atoms with Crippen LogP contribution >= 0.6 is 0 Å². The van der Waals surface area contributed by atoms with Crippen LogP contribution in [0.4, 0.5) is 18.9 Å². The van der Waals surface area contributed by atoms with Gasteiger partial charge in [0.15, 0.2) is 0 Å². The van der Waals surface area contributed by atoms with Crippen molar-refractivity contribution in [1.82, 2.24) is 15.3 Å². The fraction of sp³-hybridized carbons (Fsp3) is 0.450. The summed E-state index contributed by atoms with van der Waals surface area (Å²) in [5.74, 6) is 0.144. The maximum atomic E-state index is 12.8. The first kappa shape index (κ1) is 18.7. The molecule has 5 nitrogen and oxygen atoms in total. The summed E-state index contributed by atoms with van der Waals surface area (Å²) in [6, 6.07) is 5.36. The fourth-order valence-corrected chi connectivity index (χ4v) is 3.52. The molecule has 0 radical (unpaired) electrons. The van der Waals surface area contributed by atoms with Crippen molar-refractivity contribution in [3.63, 3.8) is 0 Å². The van der Waals surface area contributed by atoms with Gasteiger partial charge in [-0.05, 0) is 37.8 Å². The van der Waals surface area contributed by atoms with Gasteiger partial charge >= 0.3 is 6.18 Å². The van der Waals surface area contributed by atoms with Gasteiger partial charge in [-0.1, -0.05) is 12.1 Å². The third-order valence-corrected chi connectivity index (χ3v) is 5.31. The number of carbonyl (C=O) groups excluding carboxylic acids is 1. The average molecular weight is 390 g/mol. The number of amides is 1. The van der Waals surface area contributed by atoms with Gasteiger partial charge in [-0.25, -0.2) is 9.97 Å². The lowest BCUT2D eigenvalue weighted by Crippen LogP contribution is -2.41. The second-order valence-corrected chi connectivity index (χ2v) is 7.38. The number of benzene rings is 1. The van der Waals surface area contributed by atoms with Crippen LogP contribution < -0.4 is 10.2 Å². The molecular formula is C20H21F3N4O. The van der Waals surface area contributed by atoms with E-state index in [4.69, 9.17) is 0 Å². The smallest absolute Gasteiger partial charge is 0.368 e. The van der Waals surface area contributed by atoms with Crippen LogP contribution in [-0.4, -0.2) is 35.0 Å². The first-order chi connectivity index (χ1) is 13.4. The van der Waals surface area contributed by atoms with Gasteiger partial charge in [-0.15, -0.1) is 0 Å². The van der Waals surface area contributed by atoms with Gasteiger partial charge in [-0.3, -0.25) is 4.79 Å². The molecule has 0 bridgehead atoms. The number of nitrogens with zero attached hydrogens (tertiary/aromatic N) is 3. The third-order valence-electron chi connectivity index (χ3n) is 5.31. The molecule has 0 atom stereocenters. The van der Waals surface area contributed by atoms with Crippen molar-refractivity contribution in [2.75, 3.05) is 18.0 Å². The molecule has 1 amide bonds. The summed E-state index contributed by atoms with van der Waals surface area (Å²) in [4.78, 5) is 22.7. The van der Waals surface area contributed by atoms with Crippen LogP contribution in [-0.2, 0) is 11.0 Å². The molecule has 1 saturated heterocycles. The van der Waals surface area contributed by atoms with Gasteiger partial charge in [0.25, 0.3) is 0 Å². The molecule has 8 heteroatoms. The lowest BCUT2D eigenvalue weighted by Gasteiger charge is -2.33. The third kappa shape index (κ3) is 4.10. The molecular weight excluding hydrogens is 369 g/mol. The van der Waals surface area contributed by atoms with Gasteiger partial charge < -0.3 is 10.2 Å². The summed E-state index contributed by atoms with van der Waals surface area (Å²) in [7, 11) is 0. The molecule has 0 unspecified atom stereocenters. The van der Waals surface area contributed by atoms with Crippen LogP contribution in [0.15, 0.2) is 36.8 Å². The summed E-state index contributed by atoms with van der Waals surface area (Å²) in [6.07, 6.45) is 2.33. The van der Waals surface area contributed by atoms with Crippen molar-refractivity contribution in [2.45, 2.75) is 37.9 Å². The van der Waals surface area contributed by atoms with E-state index in [1.807, 2.05) is 0 Å². The van der Waals surface area contributed by atoms with E-state index in [0.717, 1.165) is 43.5 Å². The average Bonchev–Trinajstić information content (AvgIpc) is 3.51. The normalized spacial score (nSPS) is 18.2. The molecule has 28 heavy (non-hydrogen) atoms. The molecule has 2 aromatic rings. The molecule has 1 saturated carbocycles. The monoisotopic (exact) mass is 390 g/mol. The Labute approximate surface area is 161 Å². The van der Waals surface area contributed by atoms with Crippen molar-refractivity contribution in [3.8, 4) is 11.3 Å². The van der Waals surface area contributed by atoms with E-state index < -0.39 is 11.7 Å². The van der Waals surface area contributed by atoms with Crippen molar-refractivity contribution in [2.24, 2.45) is 5.92 Å². The zero-order chi connectivity index (χ0) is 19.7. The van der Waals surface area contributed by atoms with E-state index in [9.17, 15) is 18.0 Å². The number of piperidine rings is 1. The van der Waals surface area contributed by atoms with E-state index in [1.54, 1.807) is 6.20 Å². The quantitative estimate of drug-likeness (QED) is 0.866. The maximum Gasteiger partial charge on any atom is 0.416 e. The molecule has 4 rings (SSSR count). The predicted molar refractivity (Wildman–Crippen MR) is 98.6 cm³/mol. The Balaban J connectivity index is 1.48. The molecule has 2 fully saturated rings. The Kier molecular flexibility index (Phi) is 4.95. The van der Waals surface area contributed by atoms with Gasteiger partial charge in [0.1, 0.15) is 6.33 Å². The van der Waals surface area contributed by atoms with Crippen LogP contribution in [0.5, 0.6) is 0 Å². The minimum Gasteiger partial charge on any atom is -0.368 e. The highest BCUT2D eigenvalue weighted by Gasteiger charge is 2.32. The van der Waals surface area contributed by atoms with Crippen molar-refractivity contribution >= 4 is 11.6 Å². The molecule has 1 aromatic heterocycles. The number of hydrogen-bond acceptors (Lipinski definition) is 4. The number of rotatable bonds is 4. The summed E-state index contributed by atoms with van der Waals surface area (Å²) in [5.41, 5.74) is 1.31. The molecule has 1 aliphatic carbocycles. The SMILES string of the molecule is O=C(NC1CC1)C1CCN(c2cncnc2-c2ccc(C(F)(F)F)cc2)CC1. The number of aromatic nitrogens is 2. The van der Waals surface area contributed by atoms with Crippen LogP contribution in [0.25, 0.3) is 11.3 Å². The highest BCUT2D eigenvalue weighted by Crippen LogP contribution is 2.34. The summed E-state index contributed by atoms with van der Waals surface area (Å²) < 4.78 is 38.4. The minimum absolute atomic E-state index is 0.0102. The topological polar surface area (TPSA) is 58.1 Å². The van der Waals surface area contributed by atoms with Gasteiger partial charge in [0.05, 0.1) is 23.1 Å². The van der Waals surface area contributed by atoms with E-state index in [2.05, 4.69) is 20.2 Å². The second kappa shape index (κ2) is 7.41. The predicted octanol–water partition coefficient (Wildman–Crippen LogP) is 3.66. The number of alkyl halides is 3. The lowest BCUT2D eigenvalue weighted by molar-refractivity contribution is -0.137. The van der Waals surface area contributed by atoms with Crippen molar-refractivity contribution in [1.29, 1.82) is 0 Å². The molecule has 1 N–H and O–H groups in total. The van der Waals surface area contributed by atoms with E-state index in [0.29, 0.717) is 30.4 Å². The zero-order valence-electron chi connectivity index (χ0n) is 15.2. The first-order valence-electron chi connectivity index (χ1n) is 9.45. The number of carbonyl (C=O) groups is 1. The molecule has 1 aliphatic heterocycles.